The molecule has 0 saturated carbocycles. The Morgan fingerprint density at radius 3 is 2.95 bits per heavy atom. The van der Waals surface area contributed by atoms with Crippen molar-refractivity contribution in [2.75, 3.05) is 19.7 Å². The van der Waals surface area contributed by atoms with Crippen LogP contribution < -0.4 is 0 Å². The fourth-order valence-electron chi connectivity index (χ4n) is 3.35. The summed E-state index contributed by atoms with van der Waals surface area (Å²) in [4.78, 5) is 19.8. The maximum absolute atomic E-state index is 12.6. The van der Waals surface area contributed by atoms with Gasteiger partial charge in [0.1, 0.15) is 5.69 Å². The molecule has 2 aliphatic rings. The molecule has 1 amide bonds. The number of imidazole rings is 1. The zero-order chi connectivity index (χ0) is 15.2. The van der Waals surface area contributed by atoms with Crippen molar-refractivity contribution < 1.29 is 9.53 Å². The van der Waals surface area contributed by atoms with Crippen molar-refractivity contribution in [2.45, 2.75) is 31.8 Å². The Balaban J connectivity index is 1.48. The number of piperidine rings is 1. The van der Waals surface area contributed by atoms with Crippen LogP contribution in [0.25, 0.3) is 4.96 Å². The Hall–Kier alpha value is -1.66. The standard InChI is InChI=1S/C16H19N3O2S/c1-12-2-8-21-16(10-12)3-5-18(6-4-16)14(20)13-11-19-7-9-22-15(19)17-13/h7,9-11H,2-6,8H2,1H3. The molecule has 0 aliphatic carbocycles. The first kappa shape index (κ1) is 14.0. The van der Waals surface area contributed by atoms with Gasteiger partial charge >= 0.3 is 0 Å². The van der Waals surface area contributed by atoms with Gasteiger partial charge < -0.3 is 9.64 Å². The van der Waals surface area contributed by atoms with E-state index in [9.17, 15) is 4.79 Å². The van der Waals surface area contributed by atoms with Crippen LogP contribution in [-0.4, -0.2) is 45.5 Å². The average Bonchev–Trinajstić information content (AvgIpc) is 3.08. The number of rotatable bonds is 1. The smallest absolute Gasteiger partial charge is 0.274 e. The molecular weight excluding hydrogens is 298 g/mol. The van der Waals surface area contributed by atoms with Crippen molar-refractivity contribution in [1.29, 1.82) is 0 Å². The summed E-state index contributed by atoms with van der Waals surface area (Å²) in [6.07, 6.45) is 8.79. The van der Waals surface area contributed by atoms with E-state index >= 15 is 0 Å². The molecule has 2 aliphatic heterocycles. The van der Waals surface area contributed by atoms with E-state index in [0.717, 1.165) is 43.9 Å². The first-order valence-electron chi connectivity index (χ1n) is 7.69. The Kier molecular flexibility index (Phi) is 3.31. The molecule has 6 heteroatoms. The van der Waals surface area contributed by atoms with Gasteiger partial charge in [0, 0.05) is 30.9 Å². The lowest BCUT2D eigenvalue weighted by atomic mass is 9.87. The monoisotopic (exact) mass is 317 g/mol. The van der Waals surface area contributed by atoms with Gasteiger partial charge in [0.2, 0.25) is 0 Å². The van der Waals surface area contributed by atoms with Gasteiger partial charge in [-0.3, -0.25) is 9.20 Å². The minimum Gasteiger partial charge on any atom is -0.370 e. The van der Waals surface area contributed by atoms with Gasteiger partial charge in [-0.2, -0.15) is 0 Å². The summed E-state index contributed by atoms with van der Waals surface area (Å²) in [6, 6.07) is 0. The quantitative estimate of drug-likeness (QED) is 0.760. The fraction of sp³-hybridized carbons (Fsp3) is 0.500. The van der Waals surface area contributed by atoms with Crippen LogP contribution in [0.3, 0.4) is 0 Å². The van der Waals surface area contributed by atoms with Crippen LogP contribution in [0.5, 0.6) is 0 Å². The van der Waals surface area contributed by atoms with Gasteiger partial charge in [-0.1, -0.05) is 11.6 Å². The van der Waals surface area contributed by atoms with E-state index in [2.05, 4.69) is 18.0 Å². The van der Waals surface area contributed by atoms with Gasteiger partial charge in [0.05, 0.1) is 12.2 Å². The first-order chi connectivity index (χ1) is 10.7. The third-order valence-corrected chi connectivity index (χ3v) is 5.38. The molecule has 4 heterocycles. The lowest BCUT2D eigenvalue weighted by molar-refractivity contribution is -0.0522. The molecular formula is C16H19N3O2S. The van der Waals surface area contributed by atoms with Crippen LogP contribution >= 0.6 is 11.3 Å². The molecule has 0 N–H and O–H groups in total. The number of nitrogens with zero attached hydrogens (tertiary/aromatic N) is 3. The minimum absolute atomic E-state index is 0.0299. The molecule has 1 fully saturated rings. The van der Waals surface area contributed by atoms with E-state index in [-0.39, 0.29) is 11.5 Å². The lowest BCUT2D eigenvalue weighted by Gasteiger charge is -2.42. The number of hydrogen-bond donors (Lipinski definition) is 0. The number of ether oxygens (including phenoxy) is 1. The van der Waals surface area contributed by atoms with Gasteiger partial charge in [-0.05, 0) is 26.2 Å². The number of carbonyl (C=O) groups is 1. The minimum atomic E-state index is -0.145. The van der Waals surface area contributed by atoms with E-state index in [1.165, 1.54) is 5.57 Å². The van der Waals surface area contributed by atoms with Crippen molar-refractivity contribution in [3.8, 4) is 0 Å². The Labute approximate surface area is 133 Å². The third-order valence-electron chi connectivity index (χ3n) is 4.60. The van der Waals surface area contributed by atoms with Gasteiger partial charge in [-0.15, -0.1) is 11.3 Å². The lowest BCUT2D eigenvalue weighted by Crippen LogP contribution is -2.48. The van der Waals surface area contributed by atoms with Crippen molar-refractivity contribution >= 4 is 22.2 Å². The molecule has 0 radical (unpaired) electrons. The average molecular weight is 317 g/mol. The molecule has 0 atom stereocenters. The van der Waals surface area contributed by atoms with Crippen molar-refractivity contribution in [1.82, 2.24) is 14.3 Å². The van der Waals surface area contributed by atoms with E-state index in [1.807, 2.05) is 27.1 Å². The van der Waals surface area contributed by atoms with Gasteiger partial charge in [0.15, 0.2) is 4.96 Å². The number of hydrogen-bond acceptors (Lipinski definition) is 4. The Morgan fingerprint density at radius 2 is 2.23 bits per heavy atom. The van der Waals surface area contributed by atoms with E-state index in [4.69, 9.17) is 4.74 Å². The summed E-state index contributed by atoms with van der Waals surface area (Å²) in [5, 5.41) is 1.97. The number of thiazole rings is 1. The van der Waals surface area contributed by atoms with Gasteiger partial charge in [-0.25, -0.2) is 4.98 Å². The van der Waals surface area contributed by atoms with Gasteiger partial charge in [0.25, 0.3) is 5.91 Å². The molecule has 0 bridgehead atoms. The second-order valence-electron chi connectivity index (χ2n) is 6.17. The molecule has 5 nitrogen and oxygen atoms in total. The molecule has 2 aromatic heterocycles. The number of likely N-dealkylation sites (tertiary alicyclic amines) is 1. The third kappa shape index (κ3) is 2.36. The van der Waals surface area contributed by atoms with Crippen LogP contribution in [0.4, 0.5) is 0 Å². The SMILES string of the molecule is CC1=CC2(CCN(C(=O)c3cn4ccsc4n3)CC2)OCC1. The summed E-state index contributed by atoms with van der Waals surface area (Å²) >= 11 is 1.54. The molecule has 1 saturated heterocycles. The van der Waals surface area contributed by atoms with Crippen molar-refractivity contribution in [2.24, 2.45) is 0 Å². The normalized spacial score (nSPS) is 21.3. The van der Waals surface area contributed by atoms with Crippen LogP contribution in [0.15, 0.2) is 29.4 Å². The number of carbonyl (C=O) groups excluding carboxylic acids is 1. The summed E-state index contributed by atoms with van der Waals surface area (Å²) in [6.45, 7) is 4.43. The van der Waals surface area contributed by atoms with E-state index < -0.39 is 0 Å². The summed E-state index contributed by atoms with van der Waals surface area (Å²) < 4.78 is 7.92. The maximum atomic E-state index is 12.6. The van der Waals surface area contributed by atoms with Crippen LogP contribution in [0.2, 0.25) is 0 Å². The Bertz CT molecular complexity index is 709. The van der Waals surface area contributed by atoms with Crippen LogP contribution in [0.1, 0.15) is 36.7 Å². The zero-order valence-electron chi connectivity index (χ0n) is 12.6. The number of aromatic nitrogens is 2. The maximum Gasteiger partial charge on any atom is 0.274 e. The number of fused-ring (bicyclic) bond motifs is 1. The highest BCUT2D eigenvalue weighted by atomic mass is 32.1. The Morgan fingerprint density at radius 1 is 1.41 bits per heavy atom. The second-order valence-corrected chi connectivity index (χ2v) is 7.04. The summed E-state index contributed by atoms with van der Waals surface area (Å²) in [7, 11) is 0. The molecule has 1 spiro atoms. The van der Waals surface area contributed by atoms with Crippen molar-refractivity contribution in [3.63, 3.8) is 0 Å². The van der Waals surface area contributed by atoms with Crippen LogP contribution in [0, 0.1) is 0 Å². The van der Waals surface area contributed by atoms with E-state index in [1.54, 1.807) is 11.3 Å². The highest BCUT2D eigenvalue weighted by molar-refractivity contribution is 7.15. The van der Waals surface area contributed by atoms with E-state index in [0.29, 0.717) is 5.69 Å². The molecule has 116 valence electrons. The predicted molar refractivity (Wildman–Crippen MR) is 85.3 cm³/mol. The van der Waals surface area contributed by atoms with Crippen LogP contribution in [-0.2, 0) is 4.74 Å². The molecule has 22 heavy (non-hydrogen) atoms. The fourth-order valence-corrected chi connectivity index (χ4v) is 4.05. The molecule has 2 aromatic rings. The first-order valence-corrected chi connectivity index (χ1v) is 8.57. The highest BCUT2D eigenvalue weighted by Crippen LogP contribution is 2.33. The highest BCUT2D eigenvalue weighted by Gasteiger charge is 2.37. The molecule has 4 rings (SSSR count). The number of amides is 1. The largest absolute Gasteiger partial charge is 0.370 e. The summed E-state index contributed by atoms with van der Waals surface area (Å²) in [5.74, 6) is 0.0299. The molecule has 0 unspecified atom stereocenters. The molecule has 0 aromatic carbocycles. The summed E-state index contributed by atoms with van der Waals surface area (Å²) in [5.41, 5.74) is 1.80. The second kappa shape index (κ2) is 5.21. The topological polar surface area (TPSA) is 46.8 Å². The predicted octanol–water partition coefficient (Wildman–Crippen LogP) is 2.74. The van der Waals surface area contributed by atoms with Crippen molar-refractivity contribution in [3.05, 3.63) is 35.1 Å². The zero-order valence-corrected chi connectivity index (χ0v) is 13.4.